The average molecular weight is 332 g/mol. The van der Waals surface area contributed by atoms with Crippen LogP contribution in [0.15, 0.2) is 84.9 Å². The van der Waals surface area contributed by atoms with Gasteiger partial charge in [-0.15, -0.1) is 0 Å². The molecule has 0 aliphatic heterocycles. The largest absolute Gasteiger partial charge is 0.489 e. The van der Waals surface area contributed by atoms with Crippen molar-refractivity contribution in [2.75, 3.05) is 6.61 Å². The third-order valence-corrected chi connectivity index (χ3v) is 3.77. The monoisotopic (exact) mass is 332 g/mol. The molecule has 3 rings (SSSR count). The van der Waals surface area contributed by atoms with E-state index in [0.717, 1.165) is 16.9 Å². The first-order valence-electron chi connectivity index (χ1n) is 8.23. The molecular formula is C22H20O3. The van der Waals surface area contributed by atoms with Gasteiger partial charge >= 0.3 is 0 Å². The standard InChI is InChI=1S/C22H20O3/c23-22(17-24-15-18-7-3-1-4-8-18)20-11-13-21(14-12-20)25-16-19-9-5-2-6-10-19/h1-14H,15-17H2. The highest BCUT2D eigenvalue weighted by Crippen LogP contribution is 2.15. The Kier molecular flexibility index (Phi) is 5.96. The minimum absolute atomic E-state index is 0.0365. The van der Waals surface area contributed by atoms with Crippen LogP contribution in [0.4, 0.5) is 0 Å². The summed E-state index contributed by atoms with van der Waals surface area (Å²) in [7, 11) is 0. The summed E-state index contributed by atoms with van der Waals surface area (Å²) in [6.45, 7) is 1.01. The van der Waals surface area contributed by atoms with Gasteiger partial charge in [-0.2, -0.15) is 0 Å². The van der Waals surface area contributed by atoms with Crippen LogP contribution in [0.1, 0.15) is 21.5 Å². The number of benzene rings is 3. The molecular weight excluding hydrogens is 312 g/mol. The Morgan fingerprint density at radius 1 is 0.680 bits per heavy atom. The summed E-state index contributed by atoms with van der Waals surface area (Å²) in [5, 5.41) is 0. The molecule has 0 N–H and O–H groups in total. The predicted molar refractivity (Wildman–Crippen MR) is 97.6 cm³/mol. The molecule has 0 unspecified atom stereocenters. The van der Waals surface area contributed by atoms with E-state index in [1.54, 1.807) is 12.1 Å². The van der Waals surface area contributed by atoms with Crippen molar-refractivity contribution >= 4 is 5.78 Å². The Morgan fingerprint density at radius 3 is 1.84 bits per heavy atom. The average Bonchev–Trinajstić information content (AvgIpc) is 2.68. The molecule has 0 saturated heterocycles. The molecule has 0 aliphatic carbocycles. The summed E-state index contributed by atoms with van der Waals surface area (Å²) < 4.78 is 11.2. The van der Waals surface area contributed by atoms with Gasteiger partial charge in [0.05, 0.1) is 6.61 Å². The maximum atomic E-state index is 12.2. The molecule has 3 nitrogen and oxygen atoms in total. The summed E-state index contributed by atoms with van der Waals surface area (Å²) in [6, 6.07) is 27.0. The molecule has 0 saturated carbocycles. The zero-order valence-corrected chi connectivity index (χ0v) is 13.9. The van der Waals surface area contributed by atoms with Crippen LogP contribution in [0.3, 0.4) is 0 Å². The van der Waals surface area contributed by atoms with E-state index >= 15 is 0 Å². The van der Waals surface area contributed by atoms with Gasteiger partial charge < -0.3 is 9.47 Å². The zero-order valence-electron chi connectivity index (χ0n) is 13.9. The molecule has 0 aromatic heterocycles. The lowest BCUT2D eigenvalue weighted by Gasteiger charge is -2.07. The Labute approximate surface area is 147 Å². The molecule has 0 bridgehead atoms. The van der Waals surface area contributed by atoms with Crippen LogP contribution in [0.25, 0.3) is 0 Å². The van der Waals surface area contributed by atoms with E-state index in [1.165, 1.54) is 0 Å². The maximum Gasteiger partial charge on any atom is 0.188 e. The van der Waals surface area contributed by atoms with Crippen molar-refractivity contribution < 1.29 is 14.3 Å². The maximum absolute atomic E-state index is 12.2. The van der Waals surface area contributed by atoms with Gasteiger partial charge in [0.25, 0.3) is 0 Å². The Bertz CT molecular complexity index is 781. The predicted octanol–water partition coefficient (Wildman–Crippen LogP) is 4.67. The van der Waals surface area contributed by atoms with Crippen LogP contribution in [0, 0.1) is 0 Å². The van der Waals surface area contributed by atoms with Gasteiger partial charge in [-0.25, -0.2) is 0 Å². The SMILES string of the molecule is O=C(COCc1ccccc1)c1ccc(OCc2ccccc2)cc1. The molecule has 126 valence electrons. The van der Waals surface area contributed by atoms with Gasteiger partial charge in [0.1, 0.15) is 19.0 Å². The summed E-state index contributed by atoms with van der Waals surface area (Å²) in [6.07, 6.45) is 0. The number of carbonyl (C=O) groups excluding carboxylic acids is 1. The molecule has 0 amide bonds. The second-order valence-corrected chi connectivity index (χ2v) is 5.70. The van der Waals surface area contributed by atoms with Gasteiger partial charge in [-0.1, -0.05) is 60.7 Å². The van der Waals surface area contributed by atoms with Crippen LogP contribution in [0.5, 0.6) is 5.75 Å². The molecule has 0 fully saturated rings. The number of ether oxygens (including phenoxy) is 2. The molecule has 3 heteroatoms. The van der Waals surface area contributed by atoms with E-state index in [-0.39, 0.29) is 12.4 Å². The Balaban J connectivity index is 1.47. The van der Waals surface area contributed by atoms with Gasteiger partial charge in [0.15, 0.2) is 5.78 Å². The molecule has 3 aromatic rings. The third kappa shape index (κ3) is 5.30. The zero-order chi connectivity index (χ0) is 17.3. The lowest BCUT2D eigenvalue weighted by molar-refractivity contribution is 0.0726. The van der Waals surface area contributed by atoms with Crippen LogP contribution >= 0.6 is 0 Å². The van der Waals surface area contributed by atoms with Crippen molar-refractivity contribution in [2.24, 2.45) is 0 Å². The van der Waals surface area contributed by atoms with E-state index in [0.29, 0.717) is 18.8 Å². The first-order chi connectivity index (χ1) is 12.3. The van der Waals surface area contributed by atoms with Crippen molar-refractivity contribution in [1.29, 1.82) is 0 Å². The Hall–Kier alpha value is -2.91. The molecule has 25 heavy (non-hydrogen) atoms. The lowest BCUT2D eigenvalue weighted by atomic mass is 10.1. The number of Topliss-reactive ketones (excluding diaryl/α,β-unsaturated/α-hetero) is 1. The Morgan fingerprint density at radius 2 is 1.24 bits per heavy atom. The summed E-state index contributed by atoms with van der Waals surface area (Å²) in [4.78, 5) is 12.2. The third-order valence-electron chi connectivity index (χ3n) is 3.77. The first kappa shape index (κ1) is 16.9. The molecule has 0 aliphatic rings. The number of hydrogen-bond donors (Lipinski definition) is 0. The van der Waals surface area contributed by atoms with E-state index in [9.17, 15) is 4.79 Å². The van der Waals surface area contributed by atoms with E-state index in [4.69, 9.17) is 9.47 Å². The van der Waals surface area contributed by atoms with Crippen molar-refractivity contribution in [3.8, 4) is 5.75 Å². The van der Waals surface area contributed by atoms with Crippen LogP contribution in [-0.2, 0) is 18.0 Å². The highest BCUT2D eigenvalue weighted by Gasteiger charge is 2.06. The van der Waals surface area contributed by atoms with Gasteiger partial charge in [0.2, 0.25) is 0 Å². The molecule has 0 heterocycles. The van der Waals surface area contributed by atoms with Crippen molar-refractivity contribution in [2.45, 2.75) is 13.2 Å². The normalized spacial score (nSPS) is 10.4. The van der Waals surface area contributed by atoms with E-state index < -0.39 is 0 Å². The second kappa shape index (κ2) is 8.81. The fraction of sp³-hybridized carbons (Fsp3) is 0.136. The highest BCUT2D eigenvalue weighted by molar-refractivity contribution is 5.97. The fourth-order valence-electron chi connectivity index (χ4n) is 2.40. The lowest BCUT2D eigenvalue weighted by Crippen LogP contribution is -2.09. The van der Waals surface area contributed by atoms with Crippen molar-refractivity contribution in [1.82, 2.24) is 0 Å². The second-order valence-electron chi connectivity index (χ2n) is 5.70. The number of carbonyl (C=O) groups is 1. The van der Waals surface area contributed by atoms with Crippen molar-refractivity contribution in [3.63, 3.8) is 0 Å². The number of ketones is 1. The molecule has 0 radical (unpaired) electrons. The summed E-state index contributed by atoms with van der Waals surface area (Å²) in [5.74, 6) is 0.705. The van der Waals surface area contributed by atoms with Crippen LogP contribution < -0.4 is 4.74 Å². The summed E-state index contributed by atoms with van der Waals surface area (Å²) >= 11 is 0. The van der Waals surface area contributed by atoms with Crippen LogP contribution in [-0.4, -0.2) is 12.4 Å². The molecule has 0 atom stereocenters. The first-order valence-corrected chi connectivity index (χ1v) is 8.23. The molecule has 0 spiro atoms. The van der Waals surface area contributed by atoms with Crippen molar-refractivity contribution in [3.05, 3.63) is 102 Å². The van der Waals surface area contributed by atoms with E-state index in [2.05, 4.69) is 0 Å². The minimum atomic E-state index is -0.0365. The fourth-order valence-corrected chi connectivity index (χ4v) is 2.40. The number of hydrogen-bond acceptors (Lipinski definition) is 3. The highest BCUT2D eigenvalue weighted by atomic mass is 16.5. The smallest absolute Gasteiger partial charge is 0.188 e. The summed E-state index contributed by atoms with van der Waals surface area (Å²) in [5.41, 5.74) is 2.79. The van der Waals surface area contributed by atoms with Gasteiger partial charge in [0, 0.05) is 5.56 Å². The van der Waals surface area contributed by atoms with Crippen LogP contribution in [0.2, 0.25) is 0 Å². The van der Waals surface area contributed by atoms with E-state index in [1.807, 2.05) is 72.8 Å². The number of rotatable bonds is 8. The topological polar surface area (TPSA) is 35.5 Å². The van der Waals surface area contributed by atoms with Gasteiger partial charge in [-0.3, -0.25) is 4.79 Å². The quantitative estimate of drug-likeness (QED) is 0.563. The molecule has 3 aromatic carbocycles. The minimum Gasteiger partial charge on any atom is -0.489 e. The van der Waals surface area contributed by atoms with Gasteiger partial charge in [-0.05, 0) is 35.4 Å².